The first kappa shape index (κ1) is 21.9. The first-order valence-electron chi connectivity index (χ1n) is 10.1. The lowest BCUT2D eigenvalue weighted by Gasteiger charge is -2.14. The lowest BCUT2D eigenvalue weighted by atomic mass is 10.1. The Hall–Kier alpha value is -4.33. The molecule has 1 N–H and O–H groups in total. The number of nitrogens with one attached hydrogen (secondary N) is 1. The number of carbonyl (C=O) groups is 4. The van der Waals surface area contributed by atoms with Crippen LogP contribution in [0.4, 0.5) is 10.1 Å². The predicted molar refractivity (Wildman–Crippen MR) is 117 cm³/mol. The van der Waals surface area contributed by atoms with Crippen molar-refractivity contribution in [2.24, 2.45) is 0 Å². The van der Waals surface area contributed by atoms with E-state index in [9.17, 15) is 23.6 Å². The van der Waals surface area contributed by atoms with E-state index in [0.717, 1.165) is 16.5 Å². The number of ether oxygens (including phenoxy) is 1. The molecule has 1 unspecified atom stereocenters. The van der Waals surface area contributed by atoms with Crippen LogP contribution in [-0.4, -0.2) is 34.7 Å². The molecule has 3 amide bonds. The van der Waals surface area contributed by atoms with E-state index < -0.39 is 35.6 Å². The number of carbonyl (C=O) groups excluding carboxylic acids is 4. The summed E-state index contributed by atoms with van der Waals surface area (Å²) in [6.45, 7) is 1.49. The number of nitrogens with zero attached hydrogens (tertiary/aromatic N) is 1. The van der Waals surface area contributed by atoms with Gasteiger partial charge in [0.15, 0.2) is 6.10 Å². The quantitative estimate of drug-likeness (QED) is 0.459. The van der Waals surface area contributed by atoms with E-state index >= 15 is 0 Å². The first-order chi connectivity index (χ1) is 15.8. The minimum atomic E-state index is -1.18. The smallest absolute Gasteiger partial charge is 0.338 e. The second-order valence-corrected chi connectivity index (χ2v) is 7.49. The molecule has 0 spiro atoms. The average molecular weight is 446 g/mol. The fraction of sp³-hybridized carbons (Fsp3) is 0.120. The van der Waals surface area contributed by atoms with Gasteiger partial charge < -0.3 is 10.1 Å². The third-order valence-electron chi connectivity index (χ3n) is 5.14. The highest BCUT2D eigenvalue weighted by atomic mass is 19.1. The molecule has 0 saturated carbocycles. The highest BCUT2D eigenvalue weighted by Crippen LogP contribution is 2.26. The van der Waals surface area contributed by atoms with Crippen molar-refractivity contribution in [3.8, 4) is 0 Å². The Morgan fingerprint density at radius 3 is 2.39 bits per heavy atom. The van der Waals surface area contributed by atoms with E-state index in [1.54, 1.807) is 0 Å². The van der Waals surface area contributed by atoms with Gasteiger partial charge in [0.2, 0.25) is 0 Å². The first-order valence-corrected chi connectivity index (χ1v) is 10.1. The maximum Gasteiger partial charge on any atom is 0.338 e. The zero-order valence-corrected chi connectivity index (χ0v) is 17.6. The van der Waals surface area contributed by atoms with Crippen LogP contribution in [0.15, 0.2) is 72.8 Å². The van der Waals surface area contributed by atoms with Crippen LogP contribution in [0.2, 0.25) is 0 Å². The molecule has 1 atom stereocenters. The van der Waals surface area contributed by atoms with Gasteiger partial charge in [0.25, 0.3) is 17.7 Å². The van der Waals surface area contributed by atoms with Crippen LogP contribution in [0, 0.1) is 5.82 Å². The molecule has 0 radical (unpaired) electrons. The minimum Gasteiger partial charge on any atom is -0.449 e. The number of fused-ring (bicyclic) bond motifs is 1. The topological polar surface area (TPSA) is 92.8 Å². The van der Waals surface area contributed by atoms with Gasteiger partial charge >= 0.3 is 5.97 Å². The van der Waals surface area contributed by atoms with Crippen LogP contribution in [0.25, 0.3) is 0 Å². The summed E-state index contributed by atoms with van der Waals surface area (Å²) in [5.41, 5.74) is 1.35. The number of esters is 1. The van der Waals surface area contributed by atoms with Gasteiger partial charge in [0.1, 0.15) is 5.82 Å². The van der Waals surface area contributed by atoms with E-state index in [0.29, 0.717) is 0 Å². The Morgan fingerprint density at radius 2 is 1.67 bits per heavy atom. The van der Waals surface area contributed by atoms with Crippen molar-refractivity contribution in [2.75, 3.05) is 5.32 Å². The van der Waals surface area contributed by atoms with E-state index in [-0.39, 0.29) is 28.9 Å². The van der Waals surface area contributed by atoms with Crippen molar-refractivity contribution in [3.05, 3.63) is 101 Å². The van der Waals surface area contributed by atoms with Gasteiger partial charge in [-0.3, -0.25) is 19.3 Å². The molecule has 0 saturated heterocycles. The lowest BCUT2D eigenvalue weighted by molar-refractivity contribution is -0.123. The number of imide groups is 1. The molecular formula is C25H19FN2O5. The minimum absolute atomic E-state index is 0.0295. The van der Waals surface area contributed by atoms with Gasteiger partial charge in [-0.15, -0.1) is 0 Å². The molecule has 3 aromatic rings. The van der Waals surface area contributed by atoms with Gasteiger partial charge in [-0.25, -0.2) is 9.18 Å². The summed E-state index contributed by atoms with van der Waals surface area (Å²) in [6, 6.07) is 18.4. The lowest BCUT2D eigenvalue weighted by Crippen LogP contribution is -2.30. The number of benzene rings is 3. The molecule has 0 aromatic heterocycles. The molecule has 1 aliphatic rings. The zero-order valence-electron chi connectivity index (χ0n) is 17.6. The molecular weight excluding hydrogens is 427 g/mol. The summed E-state index contributed by atoms with van der Waals surface area (Å²) in [7, 11) is 0. The Balaban J connectivity index is 1.45. The largest absolute Gasteiger partial charge is 0.449 e. The van der Waals surface area contributed by atoms with Gasteiger partial charge in [0, 0.05) is 5.69 Å². The third-order valence-corrected chi connectivity index (χ3v) is 5.14. The van der Waals surface area contributed by atoms with E-state index in [1.165, 1.54) is 43.3 Å². The molecule has 166 valence electrons. The van der Waals surface area contributed by atoms with Crippen LogP contribution >= 0.6 is 0 Å². The summed E-state index contributed by atoms with van der Waals surface area (Å²) in [4.78, 5) is 51.4. The summed E-state index contributed by atoms with van der Waals surface area (Å²) in [5, 5.41) is 2.46. The third kappa shape index (κ3) is 4.64. The second kappa shape index (κ2) is 9.04. The van der Waals surface area contributed by atoms with Gasteiger partial charge in [-0.2, -0.15) is 0 Å². The van der Waals surface area contributed by atoms with Crippen molar-refractivity contribution in [3.63, 3.8) is 0 Å². The maximum atomic E-state index is 13.3. The van der Waals surface area contributed by atoms with Gasteiger partial charge in [-0.1, -0.05) is 36.4 Å². The summed E-state index contributed by atoms with van der Waals surface area (Å²) < 4.78 is 18.5. The van der Waals surface area contributed by atoms with E-state index in [1.807, 2.05) is 30.3 Å². The molecule has 33 heavy (non-hydrogen) atoms. The standard InChI is InChI=1S/C25H19FN2O5/c1-15(22(29)27-19-9-5-8-18(26)13-19)33-25(32)17-10-11-20-21(12-17)24(31)28(23(20)30)14-16-6-3-2-4-7-16/h2-13,15H,14H2,1H3,(H,27,29). The van der Waals surface area contributed by atoms with Crippen LogP contribution in [0.3, 0.4) is 0 Å². The number of halogens is 1. The van der Waals surface area contributed by atoms with Gasteiger partial charge in [0.05, 0.1) is 23.2 Å². The van der Waals surface area contributed by atoms with Crippen molar-refractivity contribution in [1.82, 2.24) is 4.90 Å². The number of hydrogen-bond donors (Lipinski definition) is 1. The van der Waals surface area contributed by atoms with Crippen LogP contribution < -0.4 is 5.32 Å². The SMILES string of the molecule is CC(OC(=O)c1ccc2c(c1)C(=O)N(Cc1ccccc1)C2=O)C(=O)Nc1cccc(F)c1. The number of amides is 3. The Bertz CT molecular complexity index is 1260. The summed E-state index contributed by atoms with van der Waals surface area (Å²) in [6.07, 6.45) is -1.18. The molecule has 8 heteroatoms. The maximum absolute atomic E-state index is 13.3. The Kier molecular flexibility index (Phi) is 5.99. The van der Waals surface area contributed by atoms with Crippen molar-refractivity contribution < 1.29 is 28.3 Å². The monoisotopic (exact) mass is 446 g/mol. The second-order valence-electron chi connectivity index (χ2n) is 7.49. The van der Waals surface area contributed by atoms with E-state index in [4.69, 9.17) is 4.74 Å². The highest BCUT2D eigenvalue weighted by Gasteiger charge is 2.36. The van der Waals surface area contributed by atoms with Crippen molar-refractivity contribution in [2.45, 2.75) is 19.6 Å². The highest BCUT2D eigenvalue weighted by molar-refractivity contribution is 6.21. The van der Waals surface area contributed by atoms with E-state index in [2.05, 4.69) is 5.32 Å². The number of anilines is 1. The molecule has 1 heterocycles. The van der Waals surface area contributed by atoms with Crippen LogP contribution in [0.1, 0.15) is 43.6 Å². The van der Waals surface area contributed by atoms with Crippen molar-refractivity contribution in [1.29, 1.82) is 0 Å². The van der Waals surface area contributed by atoms with Crippen LogP contribution in [-0.2, 0) is 16.1 Å². The normalized spacial score (nSPS) is 13.5. The molecule has 4 rings (SSSR count). The molecule has 1 aliphatic heterocycles. The fourth-order valence-corrected chi connectivity index (χ4v) is 3.42. The molecule has 3 aromatic carbocycles. The predicted octanol–water partition coefficient (Wildman–Crippen LogP) is 3.81. The van der Waals surface area contributed by atoms with Crippen LogP contribution in [0.5, 0.6) is 0 Å². The zero-order chi connectivity index (χ0) is 23.5. The Labute approximate surface area is 188 Å². The Morgan fingerprint density at radius 1 is 0.939 bits per heavy atom. The molecule has 0 bridgehead atoms. The molecule has 0 fully saturated rings. The summed E-state index contributed by atoms with van der Waals surface area (Å²) in [5.74, 6) is -2.94. The number of hydrogen-bond acceptors (Lipinski definition) is 5. The number of rotatable bonds is 6. The molecule has 0 aliphatic carbocycles. The average Bonchev–Trinajstić information content (AvgIpc) is 3.04. The van der Waals surface area contributed by atoms with Gasteiger partial charge in [-0.05, 0) is 48.9 Å². The summed E-state index contributed by atoms with van der Waals surface area (Å²) >= 11 is 0. The molecule has 7 nitrogen and oxygen atoms in total. The fourth-order valence-electron chi connectivity index (χ4n) is 3.42. The van der Waals surface area contributed by atoms with Crippen molar-refractivity contribution >= 4 is 29.4 Å².